The zero-order valence-electron chi connectivity index (χ0n) is 22.4. The molecule has 0 radical (unpaired) electrons. The van der Waals surface area contributed by atoms with Gasteiger partial charge in [0, 0.05) is 24.5 Å². The van der Waals surface area contributed by atoms with Crippen LogP contribution in [0.1, 0.15) is 75.3 Å². The number of ketones is 1. The van der Waals surface area contributed by atoms with Crippen molar-refractivity contribution in [3.63, 3.8) is 0 Å². The van der Waals surface area contributed by atoms with Crippen LogP contribution >= 0.6 is 0 Å². The number of benzene rings is 1. The fraction of sp³-hybridized carbons (Fsp3) is 0.467. The lowest BCUT2D eigenvalue weighted by molar-refractivity contribution is -0.128. The summed E-state index contributed by atoms with van der Waals surface area (Å²) in [5, 5.41) is 4.61. The molecule has 1 unspecified atom stereocenters. The van der Waals surface area contributed by atoms with Crippen LogP contribution in [0.3, 0.4) is 0 Å². The lowest BCUT2D eigenvalue weighted by atomic mass is 9.91. The largest absolute Gasteiger partial charge is 0.497 e. The molecule has 0 saturated heterocycles. The van der Waals surface area contributed by atoms with Crippen LogP contribution in [0.4, 0.5) is 0 Å². The fourth-order valence-electron chi connectivity index (χ4n) is 5.06. The molecule has 1 aromatic carbocycles. The number of nitrogens with zero attached hydrogens (tertiary/aromatic N) is 4. The van der Waals surface area contributed by atoms with Crippen molar-refractivity contribution in [1.82, 2.24) is 19.7 Å². The van der Waals surface area contributed by atoms with Crippen LogP contribution in [0.2, 0.25) is 0 Å². The van der Waals surface area contributed by atoms with Gasteiger partial charge in [-0.3, -0.25) is 19.3 Å². The Kier molecular flexibility index (Phi) is 8.41. The van der Waals surface area contributed by atoms with Crippen molar-refractivity contribution >= 4 is 11.7 Å². The van der Waals surface area contributed by atoms with E-state index in [1.807, 2.05) is 36.4 Å². The number of rotatable bonds is 5. The Balaban J connectivity index is 0.000000342. The highest BCUT2D eigenvalue weighted by molar-refractivity contribution is 6.00. The van der Waals surface area contributed by atoms with E-state index < -0.39 is 5.54 Å². The normalized spacial score (nSPS) is 19.9. The highest BCUT2D eigenvalue weighted by Gasteiger charge is 2.46. The SMILES string of the molecule is CC1CCCCCC1.COc1ccc(-c2cc3n(n2)CC(C)(C(C)=O)N(Cc2cccnc2)C3=O)cc1. The van der Waals surface area contributed by atoms with Gasteiger partial charge in [0.2, 0.25) is 0 Å². The van der Waals surface area contributed by atoms with Gasteiger partial charge in [-0.2, -0.15) is 5.10 Å². The van der Waals surface area contributed by atoms with E-state index in [0.717, 1.165) is 22.8 Å². The Morgan fingerprint density at radius 3 is 2.41 bits per heavy atom. The highest BCUT2D eigenvalue weighted by Crippen LogP contribution is 2.32. The third kappa shape index (κ3) is 6.09. The molecule has 1 atom stereocenters. The Morgan fingerprint density at radius 2 is 1.81 bits per heavy atom. The van der Waals surface area contributed by atoms with Crippen molar-refractivity contribution in [2.75, 3.05) is 7.11 Å². The molecule has 1 aliphatic heterocycles. The molecule has 1 saturated carbocycles. The number of amides is 1. The first-order chi connectivity index (χ1) is 17.8. The smallest absolute Gasteiger partial charge is 0.273 e. The quantitative estimate of drug-likeness (QED) is 0.404. The lowest BCUT2D eigenvalue weighted by Gasteiger charge is -2.42. The van der Waals surface area contributed by atoms with Crippen molar-refractivity contribution in [3.05, 3.63) is 66.1 Å². The van der Waals surface area contributed by atoms with Crippen LogP contribution in [0.15, 0.2) is 54.9 Å². The standard InChI is InChI=1S/C22H22N4O3.C8H16/c1-15(27)22(2)14-26-20(21(28)25(22)13-16-5-4-10-23-12-16)11-19(24-26)17-6-8-18(29-3)9-7-17;1-8-6-4-2-3-5-7-8/h4-12H,13-14H2,1-3H3;8H,2-7H2,1H3. The second-order valence-electron chi connectivity index (χ2n) is 10.5. The van der Waals surface area contributed by atoms with Gasteiger partial charge in [0.15, 0.2) is 5.78 Å². The van der Waals surface area contributed by atoms with Crippen molar-refractivity contribution in [2.45, 2.75) is 77.9 Å². The number of carbonyl (C=O) groups is 2. The molecule has 2 aromatic heterocycles. The molecule has 5 rings (SSSR count). The molecule has 7 heteroatoms. The van der Waals surface area contributed by atoms with E-state index in [1.165, 1.54) is 45.4 Å². The number of fused-ring (bicyclic) bond motifs is 1. The van der Waals surface area contributed by atoms with E-state index in [2.05, 4.69) is 17.0 Å². The van der Waals surface area contributed by atoms with Crippen molar-refractivity contribution in [2.24, 2.45) is 5.92 Å². The molecule has 196 valence electrons. The number of hydrogen-bond donors (Lipinski definition) is 0. The first-order valence-electron chi connectivity index (χ1n) is 13.3. The number of Topliss-reactive ketones (excluding diaryl/α,β-unsaturated/α-hetero) is 1. The molecular weight excluding hydrogens is 464 g/mol. The van der Waals surface area contributed by atoms with E-state index in [-0.39, 0.29) is 11.7 Å². The second-order valence-corrected chi connectivity index (χ2v) is 10.5. The number of carbonyl (C=O) groups excluding carboxylic acids is 2. The van der Waals surface area contributed by atoms with Gasteiger partial charge in [0.05, 0.1) is 19.3 Å². The Hall–Kier alpha value is -3.48. The van der Waals surface area contributed by atoms with Crippen LogP contribution in [0.5, 0.6) is 5.75 Å². The first kappa shape index (κ1) is 26.6. The number of ether oxygens (including phenoxy) is 1. The van der Waals surface area contributed by atoms with Crippen molar-refractivity contribution < 1.29 is 14.3 Å². The van der Waals surface area contributed by atoms with Gasteiger partial charge in [-0.1, -0.05) is 51.5 Å². The van der Waals surface area contributed by atoms with E-state index in [4.69, 9.17) is 4.74 Å². The maximum absolute atomic E-state index is 13.4. The number of methoxy groups -OCH3 is 1. The Morgan fingerprint density at radius 1 is 1.11 bits per heavy atom. The predicted molar refractivity (Wildman–Crippen MR) is 144 cm³/mol. The maximum atomic E-state index is 13.4. The van der Waals surface area contributed by atoms with E-state index in [9.17, 15) is 9.59 Å². The molecule has 1 fully saturated rings. The summed E-state index contributed by atoms with van der Waals surface area (Å²) in [5.41, 5.74) is 1.92. The molecule has 0 bridgehead atoms. The van der Waals surface area contributed by atoms with Gasteiger partial charge in [0.25, 0.3) is 5.91 Å². The predicted octanol–water partition coefficient (Wildman–Crippen LogP) is 5.93. The lowest BCUT2D eigenvalue weighted by Crippen LogP contribution is -2.60. The van der Waals surface area contributed by atoms with Gasteiger partial charge in [0.1, 0.15) is 17.0 Å². The molecule has 0 spiro atoms. The van der Waals surface area contributed by atoms with E-state index in [0.29, 0.717) is 24.5 Å². The second kappa shape index (κ2) is 11.7. The number of aromatic nitrogens is 3. The van der Waals surface area contributed by atoms with Gasteiger partial charge < -0.3 is 9.64 Å². The summed E-state index contributed by atoms with van der Waals surface area (Å²) >= 11 is 0. The molecule has 0 N–H and O–H groups in total. The monoisotopic (exact) mass is 502 g/mol. The highest BCUT2D eigenvalue weighted by atomic mass is 16.5. The summed E-state index contributed by atoms with van der Waals surface area (Å²) in [7, 11) is 1.61. The minimum atomic E-state index is -0.983. The molecule has 7 nitrogen and oxygen atoms in total. The van der Waals surface area contributed by atoms with Crippen LogP contribution in [-0.4, -0.2) is 44.0 Å². The minimum absolute atomic E-state index is 0.0816. The molecule has 2 aliphatic rings. The third-order valence-corrected chi connectivity index (χ3v) is 7.65. The van der Waals surface area contributed by atoms with Crippen molar-refractivity contribution in [3.8, 4) is 17.0 Å². The fourth-order valence-corrected chi connectivity index (χ4v) is 5.06. The van der Waals surface area contributed by atoms with Crippen LogP contribution in [0.25, 0.3) is 11.3 Å². The topological polar surface area (TPSA) is 77.3 Å². The first-order valence-corrected chi connectivity index (χ1v) is 13.3. The molecule has 1 aliphatic carbocycles. The van der Waals surface area contributed by atoms with Gasteiger partial charge in [-0.25, -0.2) is 0 Å². The Labute approximate surface area is 219 Å². The molecular formula is C30H38N4O3. The zero-order chi connectivity index (χ0) is 26.4. The van der Waals surface area contributed by atoms with Crippen molar-refractivity contribution in [1.29, 1.82) is 0 Å². The number of hydrogen-bond acceptors (Lipinski definition) is 5. The van der Waals surface area contributed by atoms with Gasteiger partial charge in [-0.05, 0) is 61.7 Å². The summed E-state index contributed by atoms with van der Waals surface area (Å²) in [6, 6.07) is 13.0. The van der Waals surface area contributed by atoms with Crippen LogP contribution in [-0.2, 0) is 17.9 Å². The summed E-state index contributed by atoms with van der Waals surface area (Å²) in [5.74, 6) is 1.48. The summed E-state index contributed by atoms with van der Waals surface area (Å²) in [6.07, 6.45) is 12.3. The molecule has 3 heterocycles. The number of pyridine rings is 1. The summed E-state index contributed by atoms with van der Waals surface area (Å²) in [6.45, 7) is 6.31. The van der Waals surface area contributed by atoms with E-state index in [1.54, 1.807) is 42.1 Å². The average Bonchev–Trinajstić information content (AvgIpc) is 3.18. The minimum Gasteiger partial charge on any atom is -0.497 e. The van der Waals surface area contributed by atoms with Gasteiger partial charge >= 0.3 is 0 Å². The molecule has 3 aromatic rings. The van der Waals surface area contributed by atoms with Gasteiger partial charge in [-0.15, -0.1) is 0 Å². The molecule has 37 heavy (non-hydrogen) atoms. The average molecular weight is 503 g/mol. The third-order valence-electron chi connectivity index (χ3n) is 7.65. The molecule has 1 amide bonds. The maximum Gasteiger partial charge on any atom is 0.273 e. The van der Waals surface area contributed by atoms with E-state index >= 15 is 0 Å². The summed E-state index contributed by atoms with van der Waals surface area (Å²) in [4.78, 5) is 31.7. The Bertz CT molecular complexity index is 1200. The zero-order valence-corrected chi connectivity index (χ0v) is 22.4. The van der Waals surface area contributed by atoms with Crippen LogP contribution in [0, 0.1) is 5.92 Å². The summed E-state index contributed by atoms with van der Waals surface area (Å²) < 4.78 is 6.84. The van der Waals surface area contributed by atoms with Crippen LogP contribution < -0.4 is 4.74 Å².